The molecule has 3 amide bonds. The fraction of sp³-hybridized carbons (Fsp3) is 0.360. The van der Waals surface area contributed by atoms with Crippen LogP contribution in [-0.4, -0.2) is 40.7 Å². The van der Waals surface area contributed by atoms with Gasteiger partial charge in [-0.2, -0.15) is 0 Å². The second kappa shape index (κ2) is 9.34. The summed E-state index contributed by atoms with van der Waals surface area (Å²) in [5.74, 6) is -1.97. The zero-order valence-electron chi connectivity index (χ0n) is 19.0. The largest absolute Gasteiger partial charge is 0.449 e. The smallest absolute Gasteiger partial charge is 0.338 e. The number of amides is 3. The van der Waals surface area contributed by atoms with E-state index < -0.39 is 23.9 Å². The number of aryl methyl sites for hydroxylation is 2. The monoisotopic (exact) mass is 436 g/mol. The molecule has 0 bridgehead atoms. The van der Waals surface area contributed by atoms with E-state index in [1.807, 2.05) is 39.0 Å². The van der Waals surface area contributed by atoms with E-state index >= 15 is 0 Å². The average Bonchev–Trinajstić information content (AvgIpc) is 3.03. The number of nitrogens with zero attached hydrogens (tertiary/aromatic N) is 1. The molecule has 3 rings (SSSR count). The highest BCUT2D eigenvalue weighted by Gasteiger charge is 2.38. The quantitative estimate of drug-likeness (QED) is 0.520. The first-order valence-electron chi connectivity index (χ1n) is 10.8. The van der Waals surface area contributed by atoms with E-state index in [0.29, 0.717) is 6.42 Å². The topological polar surface area (TPSA) is 92.8 Å². The maximum absolute atomic E-state index is 12.7. The fourth-order valence-electron chi connectivity index (χ4n) is 3.68. The molecule has 1 aliphatic rings. The van der Waals surface area contributed by atoms with Crippen molar-refractivity contribution in [1.82, 2.24) is 4.90 Å². The number of benzene rings is 2. The highest BCUT2D eigenvalue weighted by molar-refractivity contribution is 6.22. The number of anilines is 1. The van der Waals surface area contributed by atoms with Gasteiger partial charge in [-0.15, -0.1) is 0 Å². The maximum Gasteiger partial charge on any atom is 0.338 e. The molecule has 7 heteroatoms. The van der Waals surface area contributed by atoms with Crippen LogP contribution in [0.25, 0.3) is 0 Å². The third-order valence-electron chi connectivity index (χ3n) is 5.83. The number of carbonyl (C=O) groups excluding carboxylic acids is 4. The van der Waals surface area contributed by atoms with Gasteiger partial charge >= 0.3 is 5.97 Å². The van der Waals surface area contributed by atoms with Gasteiger partial charge in [-0.1, -0.05) is 32.0 Å². The van der Waals surface area contributed by atoms with Crippen molar-refractivity contribution in [2.45, 2.75) is 59.6 Å². The molecule has 32 heavy (non-hydrogen) atoms. The Balaban J connectivity index is 1.74. The van der Waals surface area contributed by atoms with E-state index in [-0.39, 0.29) is 28.6 Å². The number of carbonyl (C=O) groups is 4. The van der Waals surface area contributed by atoms with Crippen LogP contribution in [0.4, 0.5) is 5.69 Å². The molecular formula is C25H28N2O5. The lowest BCUT2D eigenvalue weighted by Gasteiger charge is -2.20. The number of para-hydroxylation sites is 1. The summed E-state index contributed by atoms with van der Waals surface area (Å²) in [6.45, 7) is 9.08. The normalized spacial score (nSPS) is 14.7. The summed E-state index contributed by atoms with van der Waals surface area (Å²) in [7, 11) is 0. The van der Waals surface area contributed by atoms with Crippen molar-refractivity contribution in [3.8, 4) is 0 Å². The lowest BCUT2D eigenvalue weighted by molar-refractivity contribution is -0.123. The van der Waals surface area contributed by atoms with E-state index in [9.17, 15) is 19.2 Å². The van der Waals surface area contributed by atoms with Crippen LogP contribution in [0.15, 0.2) is 36.4 Å². The molecule has 0 saturated carbocycles. The number of imide groups is 1. The number of rotatable bonds is 7. The number of nitrogens with one attached hydrogen (secondary N) is 1. The van der Waals surface area contributed by atoms with Gasteiger partial charge < -0.3 is 10.1 Å². The van der Waals surface area contributed by atoms with Crippen LogP contribution in [0.1, 0.15) is 76.3 Å². The minimum Gasteiger partial charge on any atom is -0.449 e. The lowest BCUT2D eigenvalue weighted by atomic mass is 10.1. The molecule has 2 aromatic carbocycles. The number of hydrogen-bond donors (Lipinski definition) is 1. The standard InChI is InChI=1S/C25H28N2O5/c1-6-15(4)27-23(29)19-12-11-18(13-20(19)24(27)30)25(31)32-16(5)22(28)26-21-14(3)9-8-10-17(21)7-2/h8-13,15-16H,6-7H2,1-5H3,(H,26,28). The maximum atomic E-state index is 12.7. The Morgan fingerprint density at radius 2 is 1.72 bits per heavy atom. The minimum absolute atomic E-state index is 0.112. The SMILES string of the molecule is CCc1cccc(C)c1NC(=O)C(C)OC(=O)c1ccc2c(c1)C(=O)N(C(C)CC)C2=O. The van der Waals surface area contributed by atoms with Crippen LogP contribution in [0.2, 0.25) is 0 Å². The van der Waals surface area contributed by atoms with Crippen LogP contribution >= 0.6 is 0 Å². The molecule has 0 spiro atoms. The summed E-state index contributed by atoms with van der Waals surface area (Å²) < 4.78 is 5.34. The zero-order valence-corrected chi connectivity index (χ0v) is 19.0. The van der Waals surface area contributed by atoms with Crippen LogP contribution in [0, 0.1) is 6.92 Å². The van der Waals surface area contributed by atoms with Gasteiger partial charge in [0.25, 0.3) is 17.7 Å². The molecule has 0 radical (unpaired) electrons. The van der Waals surface area contributed by atoms with E-state index in [1.54, 1.807) is 6.92 Å². The Morgan fingerprint density at radius 1 is 1.03 bits per heavy atom. The van der Waals surface area contributed by atoms with Crippen LogP contribution in [0.3, 0.4) is 0 Å². The first-order chi connectivity index (χ1) is 15.2. The summed E-state index contributed by atoms with van der Waals surface area (Å²) in [6.07, 6.45) is 0.336. The fourth-order valence-corrected chi connectivity index (χ4v) is 3.68. The van der Waals surface area contributed by atoms with Crippen molar-refractivity contribution in [2.24, 2.45) is 0 Å². The molecule has 2 atom stereocenters. The first-order valence-corrected chi connectivity index (χ1v) is 10.8. The summed E-state index contributed by atoms with van der Waals surface area (Å²) in [5, 5.41) is 2.84. The molecule has 0 aromatic heterocycles. The van der Waals surface area contributed by atoms with Gasteiger partial charge in [-0.25, -0.2) is 4.79 Å². The second-order valence-corrected chi connectivity index (χ2v) is 8.00. The molecule has 1 heterocycles. The van der Waals surface area contributed by atoms with Crippen molar-refractivity contribution in [3.05, 3.63) is 64.2 Å². The van der Waals surface area contributed by atoms with Crippen molar-refractivity contribution >= 4 is 29.4 Å². The predicted molar refractivity (Wildman–Crippen MR) is 121 cm³/mol. The Hall–Kier alpha value is -3.48. The highest BCUT2D eigenvalue weighted by atomic mass is 16.5. The third kappa shape index (κ3) is 4.28. The molecule has 7 nitrogen and oxygen atoms in total. The summed E-state index contributed by atoms with van der Waals surface area (Å²) >= 11 is 0. The van der Waals surface area contributed by atoms with Crippen molar-refractivity contribution < 1.29 is 23.9 Å². The summed E-state index contributed by atoms with van der Waals surface area (Å²) in [5.41, 5.74) is 3.18. The number of fused-ring (bicyclic) bond motifs is 1. The molecular weight excluding hydrogens is 408 g/mol. The number of esters is 1. The van der Waals surface area contributed by atoms with Crippen LogP contribution in [0.5, 0.6) is 0 Å². The molecule has 168 valence electrons. The summed E-state index contributed by atoms with van der Waals surface area (Å²) in [4.78, 5) is 51.7. The first kappa shape index (κ1) is 23.2. The molecule has 0 fully saturated rings. The van der Waals surface area contributed by atoms with E-state index in [0.717, 1.165) is 23.2 Å². The number of ether oxygens (including phenoxy) is 1. The number of hydrogen-bond acceptors (Lipinski definition) is 5. The van der Waals surface area contributed by atoms with Crippen molar-refractivity contribution in [2.75, 3.05) is 5.32 Å². The van der Waals surface area contributed by atoms with Gasteiger partial charge in [0, 0.05) is 11.7 Å². The van der Waals surface area contributed by atoms with E-state index in [4.69, 9.17) is 4.74 Å². The van der Waals surface area contributed by atoms with Gasteiger partial charge in [0.05, 0.1) is 16.7 Å². The van der Waals surface area contributed by atoms with Crippen LogP contribution < -0.4 is 5.32 Å². The summed E-state index contributed by atoms with van der Waals surface area (Å²) in [6, 6.07) is 9.78. The average molecular weight is 437 g/mol. The van der Waals surface area contributed by atoms with E-state index in [1.165, 1.54) is 30.0 Å². The molecule has 2 unspecified atom stereocenters. The van der Waals surface area contributed by atoms with Crippen molar-refractivity contribution in [3.63, 3.8) is 0 Å². The Morgan fingerprint density at radius 3 is 2.38 bits per heavy atom. The second-order valence-electron chi connectivity index (χ2n) is 8.00. The molecule has 0 aliphatic carbocycles. The van der Waals surface area contributed by atoms with Gasteiger partial charge in [-0.3, -0.25) is 19.3 Å². The molecule has 1 aliphatic heterocycles. The lowest BCUT2D eigenvalue weighted by Crippen LogP contribution is -2.37. The Kier molecular flexibility index (Phi) is 6.77. The predicted octanol–water partition coefficient (Wildman–Crippen LogP) is 4.14. The van der Waals surface area contributed by atoms with Gasteiger partial charge in [0.15, 0.2) is 6.10 Å². The molecule has 0 saturated heterocycles. The van der Waals surface area contributed by atoms with Gasteiger partial charge in [-0.05, 0) is 62.9 Å². The minimum atomic E-state index is -1.05. The van der Waals surface area contributed by atoms with Gasteiger partial charge in [0.2, 0.25) is 0 Å². The molecule has 1 N–H and O–H groups in total. The van der Waals surface area contributed by atoms with Crippen molar-refractivity contribution in [1.29, 1.82) is 0 Å². The van der Waals surface area contributed by atoms with Gasteiger partial charge in [0.1, 0.15) is 0 Å². The molecule has 2 aromatic rings. The van der Waals surface area contributed by atoms with Crippen LogP contribution in [-0.2, 0) is 16.0 Å². The highest BCUT2D eigenvalue weighted by Crippen LogP contribution is 2.27. The Labute approximate surface area is 187 Å². The van der Waals surface area contributed by atoms with E-state index in [2.05, 4.69) is 5.32 Å². The zero-order chi connectivity index (χ0) is 23.6. The Bertz CT molecular complexity index is 1090. The third-order valence-corrected chi connectivity index (χ3v) is 5.83.